The number of hydrogen-bond donors (Lipinski definition) is 2. The van der Waals surface area contributed by atoms with E-state index in [1.165, 1.54) is 43.2 Å². The van der Waals surface area contributed by atoms with Gasteiger partial charge in [0.2, 0.25) is 0 Å². The van der Waals surface area contributed by atoms with E-state index in [4.69, 9.17) is 9.72 Å². The summed E-state index contributed by atoms with van der Waals surface area (Å²) in [5.74, 6) is 0.921. The summed E-state index contributed by atoms with van der Waals surface area (Å²) in [5.41, 5.74) is 3.73. The second kappa shape index (κ2) is 12.5. The molecule has 5 nitrogen and oxygen atoms in total. The number of pyridine rings is 1. The molecule has 1 aliphatic rings. The minimum Gasteiger partial charge on any atom is -0.468 e. The van der Waals surface area contributed by atoms with E-state index >= 15 is 0 Å². The number of carbonyl (C=O) groups is 1. The van der Waals surface area contributed by atoms with Crippen LogP contribution in [-0.4, -0.2) is 30.6 Å². The molecule has 0 bridgehead atoms. The van der Waals surface area contributed by atoms with Gasteiger partial charge in [0.25, 0.3) is 0 Å². The Bertz CT molecular complexity index is 810. The Hall–Kier alpha value is -2.40. The highest BCUT2D eigenvalue weighted by Crippen LogP contribution is 2.21. The molecule has 5 heteroatoms. The average molecular weight is 424 g/mol. The van der Waals surface area contributed by atoms with Crippen LogP contribution in [0.2, 0.25) is 0 Å². The van der Waals surface area contributed by atoms with Gasteiger partial charge in [0.15, 0.2) is 0 Å². The molecule has 0 amide bonds. The number of fused-ring (bicyclic) bond motifs is 1. The van der Waals surface area contributed by atoms with E-state index in [2.05, 4.69) is 41.8 Å². The van der Waals surface area contributed by atoms with E-state index in [1.807, 2.05) is 18.2 Å². The normalized spacial score (nSPS) is 14.9. The molecule has 0 fully saturated rings. The third-order valence-electron chi connectivity index (χ3n) is 6.11. The van der Waals surface area contributed by atoms with Crippen LogP contribution < -0.4 is 10.6 Å². The lowest BCUT2D eigenvalue weighted by atomic mass is 10.0. The summed E-state index contributed by atoms with van der Waals surface area (Å²) < 4.78 is 5.02. The van der Waals surface area contributed by atoms with Crippen LogP contribution in [0.3, 0.4) is 0 Å². The fourth-order valence-electron chi connectivity index (χ4n) is 4.24. The van der Waals surface area contributed by atoms with Crippen molar-refractivity contribution < 1.29 is 9.53 Å². The number of rotatable bonds is 12. The molecule has 1 aromatic heterocycles. The summed E-state index contributed by atoms with van der Waals surface area (Å²) in [6, 6.07) is 14.5. The Morgan fingerprint density at radius 3 is 2.68 bits per heavy atom. The summed E-state index contributed by atoms with van der Waals surface area (Å²) in [6.07, 6.45) is 9.89. The molecule has 0 radical (unpaired) electrons. The van der Waals surface area contributed by atoms with E-state index < -0.39 is 0 Å². The monoisotopic (exact) mass is 423 g/mol. The Morgan fingerprint density at radius 2 is 1.87 bits per heavy atom. The predicted molar refractivity (Wildman–Crippen MR) is 126 cm³/mol. The molecule has 1 aromatic carbocycles. The SMILES string of the molecule is COC(=O)[C@H](CCCCCCCc1ccc2c(n1)NCCC2)NC(C)c1ccccc1. The van der Waals surface area contributed by atoms with Gasteiger partial charge in [0, 0.05) is 18.3 Å². The van der Waals surface area contributed by atoms with Crippen molar-refractivity contribution in [2.24, 2.45) is 0 Å². The minimum atomic E-state index is -0.257. The summed E-state index contributed by atoms with van der Waals surface area (Å²) in [7, 11) is 1.47. The Morgan fingerprint density at radius 1 is 1.10 bits per heavy atom. The van der Waals surface area contributed by atoms with Crippen molar-refractivity contribution in [3.8, 4) is 0 Å². The van der Waals surface area contributed by atoms with Crippen LogP contribution in [-0.2, 0) is 22.4 Å². The molecular formula is C26H37N3O2. The molecule has 2 heterocycles. The first-order chi connectivity index (χ1) is 15.2. The number of aryl methyl sites for hydroxylation is 2. The van der Waals surface area contributed by atoms with Gasteiger partial charge in [0.1, 0.15) is 11.9 Å². The number of carbonyl (C=O) groups excluding carboxylic acids is 1. The Balaban J connectivity index is 1.33. The lowest BCUT2D eigenvalue weighted by Crippen LogP contribution is -2.39. The highest BCUT2D eigenvalue weighted by atomic mass is 16.5. The van der Waals surface area contributed by atoms with Gasteiger partial charge in [0.05, 0.1) is 7.11 Å². The van der Waals surface area contributed by atoms with Crippen molar-refractivity contribution in [3.05, 3.63) is 59.3 Å². The fourth-order valence-corrected chi connectivity index (χ4v) is 4.24. The van der Waals surface area contributed by atoms with Crippen LogP contribution in [0.5, 0.6) is 0 Å². The molecule has 1 unspecified atom stereocenters. The van der Waals surface area contributed by atoms with Crippen LogP contribution >= 0.6 is 0 Å². The third kappa shape index (κ3) is 7.35. The van der Waals surface area contributed by atoms with E-state index in [0.717, 1.165) is 50.9 Å². The minimum absolute atomic E-state index is 0.115. The van der Waals surface area contributed by atoms with E-state index in [-0.39, 0.29) is 18.1 Å². The smallest absolute Gasteiger partial charge is 0.322 e. The van der Waals surface area contributed by atoms with Gasteiger partial charge in [-0.3, -0.25) is 10.1 Å². The van der Waals surface area contributed by atoms with Gasteiger partial charge in [-0.1, -0.05) is 62.1 Å². The molecule has 3 rings (SSSR count). The number of methoxy groups -OCH3 is 1. The molecular weight excluding hydrogens is 386 g/mol. The van der Waals surface area contributed by atoms with Crippen molar-refractivity contribution in [1.29, 1.82) is 0 Å². The van der Waals surface area contributed by atoms with Gasteiger partial charge < -0.3 is 10.1 Å². The zero-order valence-electron chi connectivity index (χ0n) is 19.0. The van der Waals surface area contributed by atoms with Crippen molar-refractivity contribution in [2.75, 3.05) is 19.0 Å². The molecule has 1 aliphatic heterocycles. The summed E-state index contributed by atoms with van der Waals surface area (Å²) >= 11 is 0. The lowest BCUT2D eigenvalue weighted by molar-refractivity contribution is -0.143. The quantitative estimate of drug-likeness (QED) is 0.362. The maximum absolute atomic E-state index is 12.2. The topological polar surface area (TPSA) is 63.2 Å². The second-order valence-electron chi connectivity index (χ2n) is 8.52. The molecule has 31 heavy (non-hydrogen) atoms. The van der Waals surface area contributed by atoms with E-state index in [9.17, 15) is 4.79 Å². The molecule has 2 N–H and O–H groups in total. The number of unbranched alkanes of at least 4 members (excludes halogenated alkanes) is 4. The van der Waals surface area contributed by atoms with Crippen LogP contribution in [0.1, 0.15) is 74.7 Å². The Kier molecular flexibility index (Phi) is 9.35. The van der Waals surface area contributed by atoms with Crippen molar-refractivity contribution >= 4 is 11.8 Å². The molecule has 2 aromatic rings. The number of aromatic nitrogens is 1. The molecule has 2 atom stereocenters. The maximum Gasteiger partial charge on any atom is 0.322 e. The molecule has 0 aliphatic carbocycles. The summed E-state index contributed by atoms with van der Waals surface area (Å²) in [4.78, 5) is 17.0. The molecule has 0 saturated heterocycles. The highest BCUT2D eigenvalue weighted by Gasteiger charge is 2.21. The van der Waals surface area contributed by atoms with Crippen LogP contribution in [0, 0.1) is 0 Å². The van der Waals surface area contributed by atoms with Gasteiger partial charge in [-0.05, 0) is 56.2 Å². The molecule has 0 spiro atoms. The zero-order valence-corrected chi connectivity index (χ0v) is 19.0. The second-order valence-corrected chi connectivity index (χ2v) is 8.52. The van der Waals surface area contributed by atoms with E-state index in [0.29, 0.717) is 0 Å². The first kappa shape index (κ1) is 23.3. The lowest BCUT2D eigenvalue weighted by Gasteiger charge is -2.22. The number of anilines is 1. The largest absolute Gasteiger partial charge is 0.468 e. The Labute approximate surface area is 187 Å². The first-order valence-electron chi connectivity index (χ1n) is 11.8. The highest BCUT2D eigenvalue weighted by molar-refractivity contribution is 5.75. The average Bonchev–Trinajstić information content (AvgIpc) is 2.82. The first-order valence-corrected chi connectivity index (χ1v) is 11.8. The zero-order chi connectivity index (χ0) is 21.9. The summed E-state index contributed by atoms with van der Waals surface area (Å²) in [5, 5.41) is 6.86. The molecule has 0 saturated carbocycles. The van der Waals surface area contributed by atoms with Crippen LogP contribution in [0.15, 0.2) is 42.5 Å². The fraction of sp³-hybridized carbons (Fsp3) is 0.538. The van der Waals surface area contributed by atoms with Crippen molar-refractivity contribution in [1.82, 2.24) is 10.3 Å². The molecule has 168 valence electrons. The number of nitrogens with one attached hydrogen (secondary N) is 2. The number of hydrogen-bond acceptors (Lipinski definition) is 5. The third-order valence-corrected chi connectivity index (χ3v) is 6.11. The summed E-state index contributed by atoms with van der Waals surface area (Å²) in [6.45, 7) is 3.13. The standard InChI is InChI=1S/C26H37N3O2/c1-20(21-12-7-6-8-13-21)28-24(26(30)31-2)16-10-5-3-4-9-15-23-18-17-22-14-11-19-27-25(22)29-23/h6-8,12-13,17-18,20,24,28H,3-5,9-11,14-16,19H2,1-2H3,(H,27,29)/t20?,24-/m0/s1. The number of nitrogens with zero attached hydrogens (tertiary/aromatic N) is 1. The van der Waals surface area contributed by atoms with Gasteiger partial charge in [-0.25, -0.2) is 4.98 Å². The number of esters is 1. The van der Waals surface area contributed by atoms with E-state index in [1.54, 1.807) is 0 Å². The number of benzene rings is 1. The maximum atomic E-state index is 12.2. The van der Waals surface area contributed by atoms with Gasteiger partial charge >= 0.3 is 5.97 Å². The predicted octanol–water partition coefficient (Wildman–Crippen LogP) is 5.22. The van der Waals surface area contributed by atoms with Gasteiger partial charge in [-0.15, -0.1) is 0 Å². The number of ether oxygens (including phenoxy) is 1. The van der Waals surface area contributed by atoms with Crippen molar-refractivity contribution in [2.45, 2.75) is 76.8 Å². The van der Waals surface area contributed by atoms with Crippen LogP contribution in [0.4, 0.5) is 5.82 Å². The van der Waals surface area contributed by atoms with Crippen LogP contribution in [0.25, 0.3) is 0 Å². The van der Waals surface area contributed by atoms with Crippen molar-refractivity contribution in [3.63, 3.8) is 0 Å². The van der Waals surface area contributed by atoms with Gasteiger partial charge in [-0.2, -0.15) is 0 Å².